The molecule has 0 unspecified atom stereocenters. The largest absolute Gasteiger partial charge is 0.356 e. The molecule has 0 bridgehead atoms. The van der Waals surface area contributed by atoms with Crippen molar-refractivity contribution in [2.75, 3.05) is 0 Å². The Morgan fingerprint density at radius 1 is 1.35 bits per heavy atom. The second-order valence-electron chi connectivity index (χ2n) is 4.20. The molecule has 17 heavy (non-hydrogen) atoms. The molecule has 1 N–H and O–H groups in total. The molecule has 0 atom stereocenters. The zero-order chi connectivity index (χ0) is 12.3. The Morgan fingerprint density at radius 3 is 2.82 bits per heavy atom. The average molecular weight is 295 g/mol. The summed E-state index contributed by atoms with van der Waals surface area (Å²) in [7, 11) is 0. The summed E-state index contributed by atoms with van der Waals surface area (Å²) in [4.78, 5) is 0. The molecule has 0 saturated carbocycles. The summed E-state index contributed by atoms with van der Waals surface area (Å²) in [6.45, 7) is 4.94. The van der Waals surface area contributed by atoms with Gasteiger partial charge in [-0.3, -0.25) is 0 Å². The number of hydrogen-bond donors (Lipinski definition) is 1. The molecular weight excluding hydrogens is 280 g/mol. The van der Waals surface area contributed by atoms with Crippen LogP contribution in [0.25, 0.3) is 11.3 Å². The number of nitrogens with one attached hydrogen (secondary N) is 1. The molecule has 0 aliphatic carbocycles. The van der Waals surface area contributed by atoms with Crippen LogP contribution in [-0.4, -0.2) is 11.2 Å². The first-order valence-corrected chi connectivity index (χ1v) is 6.40. The molecule has 1 heterocycles. The van der Waals surface area contributed by atoms with Crippen LogP contribution in [0.3, 0.4) is 0 Å². The zero-order valence-electron chi connectivity index (χ0n) is 9.90. The second kappa shape index (κ2) is 5.47. The van der Waals surface area contributed by atoms with Crippen molar-refractivity contribution in [2.24, 2.45) is 0 Å². The van der Waals surface area contributed by atoms with Crippen LogP contribution in [0.15, 0.2) is 39.3 Å². The molecule has 0 radical (unpaired) electrons. The highest BCUT2D eigenvalue weighted by Crippen LogP contribution is 2.28. The maximum atomic E-state index is 5.34. The average Bonchev–Trinajstić information content (AvgIpc) is 2.75. The highest BCUT2D eigenvalue weighted by molar-refractivity contribution is 9.10. The predicted octanol–water partition coefficient (Wildman–Crippen LogP) is 3.60. The van der Waals surface area contributed by atoms with Gasteiger partial charge >= 0.3 is 0 Å². The van der Waals surface area contributed by atoms with Gasteiger partial charge in [-0.15, -0.1) is 0 Å². The number of benzene rings is 1. The SMILES string of the molecule is CC(C)NCc1cc(-c2ccccc2Br)on1. The Balaban J connectivity index is 2.16. The molecule has 0 aliphatic heterocycles. The maximum absolute atomic E-state index is 5.34. The van der Waals surface area contributed by atoms with E-state index in [2.05, 4.69) is 40.3 Å². The van der Waals surface area contributed by atoms with Crippen LogP contribution in [0.2, 0.25) is 0 Å². The highest BCUT2D eigenvalue weighted by Gasteiger charge is 2.09. The van der Waals surface area contributed by atoms with Gasteiger partial charge in [0.1, 0.15) is 0 Å². The van der Waals surface area contributed by atoms with Crippen molar-refractivity contribution >= 4 is 15.9 Å². The minimum absolute atomic E-state index is 0.443. The van der Waals surface area contributed by atoms with E-state index in [1.165, 1.54) is 0 Å². The Bertz CT molecular complexity index is 494. The van der Waals surface area contributed by atoms with Crippen molar-refractivity contribution < 1.29 is 4.52 Å². The molecule has 90 valence electrons. The standard InChI is InChI=1S/C13H15BrN2O/c1-9(2)15-8-10-7-13(17-16-10)11-5-3-4-6-12(11)14/h3-7,9,15H,8H2,1-2H3. The lowest BCUT2D eigenvalue weighted by Crippen LogP contribution is -2.21. The van der Waals surface area contributed by atoms with Crippen LogP contribution in [0.4, 0.5) is 0 Å². The van der Waals surface area contributed by atoms with E-state index < -0.39 is 0 Å². The number of nitrogens with zero attached hydrogens (tertiary/aromatic N) is 1. The summed E-state index contributed by atoms with van der Waals surface area (Å²) < 4.78 is 6.36. The minimum Gasteiger partial charge on any atom is -0.356 e. The van der Waals surface area contributed by atoms with Crippen molar-refractivity contribution in [1.29, 1.82) is 0 Å². The van der Waals surface area contributed by atoms with Gasteiger partial charge in [-0.25, -0.2) is 0 Å². The Kier molecular flexibility index (Phi) is 3.97. The van der Waals surface area contributed by atoms with Gasteiger partial charge in [0, 0.05) is 28.7 Å². The Labute approximate surface area is 109 Å². The molecule has 3 nitrogen and oxygen atoms in total. The third-order valence-corrected chi connectivity index (χ3v) is 3.08. The van der Waals surface area contributed by atoms with Crippen LogP contribution >= 0.6 is 15.9 Å². The molecule has 1 aromatic heterocycles. The van der Waals surface area contributed by atoms with E-state index in [0.29, 0.717) is 6.04 Å². The van der Waals surface area contributed by atoms with Crippen molar-refractivity contribution in [2.45, 2.75) is 26.4 Å². The van der Waals surface area contributed by atoms with Gasteiger partial charge in [0.15, 0.2) is 5.76 Å². The first kappa shape index (κ1) is 12.3. The van der Waals surface area contributed by atoms with E-state index in [1.54, 1.807) is 0 Å². The molecule has 2 aromatic rings. The summed E-state index contributed by atoms with van der Waals surface area (Å²) in [6, 6.07) is 10.4. The summed E-state index contributed by atoms with van der Waals surface area (Å²) in [5.41, 5.74) is 1.94. The number of aromatic nitrogens is 1. The van der Waals surface area contributed by atoms with Crippen LogP contribution in [0.1, 0.15) is 19.5 Å². The minimum atomic E-state index is 0.443. The summed E-state index contributed by atoms with van der Waals surface area (Å²) in [6.07, 6.45) is 0. The Morgan fingerprint density at radius 2 is 2.12 bits per heavy atom. The third kappa shape index (κ3) is 3.17. The van der Waals surface area contributed by atoms with E-state index in [-0.39, 0.29) is 0 Å². The fourth-order valence-corrected chi connectivity index (χ4v) is 1.97. The number of hydrogen-bond acceptors (Lipinski definition) is 3. The molecule has 0 fully saturated rings. The molecular formula is C13H15BrN2O. The monoisotopic (exact) mass is 294 g/mol. The van der Waals surface area contributed by atoms with Crippen LogP contribution < -0.4 is 5.32 Å². The van der Waals surface area contributed by atoms with Gasteiger partial charge in [-0.2, -0.15) is 0 Å². The van der Waals surface area contributed by atoms with E-state index in [9.17, 15) is 0 Å². The topological polar surface area (TPSA) is 38.1 Å². The van der Waals surface area contributed by atoms with Crippen molar-refractivity contribution in [3.8, 4) is 11.3 Å². The molecule has 0 spiro atoms. The summed E-state index contributed by atoms with van der Waals surface area (Å²) in [5.74, 6) is 0.790. The first-order valence-electron chi connectivity index (χ1n) is 5.60. The number of rotatable bonds is 4. The normalized spacial score (nSPS) is 11.1. The van der Waals surface area contributed by atoms with E-state index >= 15 is 0 Å². The van der Waals surface area contributed by atoms with Crippen LogP contribution in [0, 0.1) is 0 Å². The highest BCUT2D eigenvalue weighted by atomic mass is 79.9. The van der Waals surface area contributed by atoms with Crippen molar-refractivity contribution in [3.63, 3.8) is 0 Å². The van der Waals surface area contributed by atoms with Crippen LogP contribution in [0.5, 0.6) is 0 Å². The molecule has 2 rings (SSSR count). The molecule has 4 heteroatoms. The molecule has 0 saturated heterocycles. The van der Waals surface area contributed by atoms with Gasteiger partial charge in [-0.1, -0.05) is 47.1 Å². The summed E-state index contributed by atoms with van der Waals surface area (Å²) in [5, 5.41) is 7.35. The van der Waals surface area contributed by atoms with Gasteiger partial charge in [-0.05, 0) is 12.1 Å². The smallest absolute Gasteiger partial charge is 0.168 e. The van der Waals surface area contributed by atoms with Crippen LogP contribution in [-0.2, 0) is 6.54 Å². The lowest BCUT2D eigenvalue weighted by atomic mass is 10.1. The van der Waals surface area contributed by atoms with E-state index in [4.69, 9.17) is 4.52 Å². The van der Waals surface area contributed by atoms with Gasteiger partial charge < -0.3 is 9.84 Å². The van der Waals surface area contributed by atoms with Crippen molar-refractivity contribution in [3.05, 3.63) is 40.5 Å². The second-order valence-corrected chi connectivity index (χ2v) is 5.05. The van der Waals surface area contributed by atoms with E-state index in [0.717, 1.165) is 28.0 Å². The first-order chi connectivity index (χ1) is 8.16. The maximum Gasteiger partial charge on any atom is 0.168 e. The van der Waals surface area contributed by atoms with Gasteiger partial charge in [0.2, 0.25) is 0 Å². The fourth-order valence-electron chi connectivity index (χ4n) is 1.49. The molecule has 1 aromatic carbocycles. The summed E-state index contributed by atoms with van der Waals surface area (Å²) >= 11 is 3.50. The number of halogens is 1. The fraction of sp³-hybridized carbons (Fsp3) is 0.308. The molecule has 0 amide bonds. The lowest BCUT2D eigenvalue weighted by Gasteiger charge is -2.03. The van der Waals surface area contributed by atoms with Gasteiger partial charge in [0.05, 0.1) is 5.69 Å². The third-order valence-electron chi connectivity index (χ3n) is 2.39. The predicted molar refractivity (Wildman–Crippen MR) is 71.6 cm³/mol. The van der Waals surface area contributed by atoms with Crippen molar-refractivity contribution in [1.82, 2.24) is 10.5 Å². The quantitative estimate of drug-likeness (QED) is 0.936. The van der Waals surface area contributed by atoms with E-state index in [1.807, 2.05) is 30.3 Å². The molecule has 0 aliphatic rings. The Hall–Kier alpha value is -1.13. The zero-order valence-corrected chi connectivity index (χ0v) is 11.5. The van der Waals surface area contributed by atoms with Gasteiger partial charge in [0.25, 0.3) is 0 Å². The lowest BCUT2D eigenvalue weighted by molar-refractivity contribution is 0.417.